The number of Topliss-reactive ketones (excluding diaryl/α,β-unsaturated/α-hetero) is 4. The number of aromatic nitrogens is 8. The Bertz CT molecular complexity index is 6800. The van der Waals surface area contributed by atoms with Gasteiger partial charge in [-0.1, -0.05) is 152 Å². The standard InChI is InChI=1S/4C21H19F3N4O4S.4C2H6/c1-26-20(30)11-10-18(29)14-4-2-13(3-5-14)17-12-19(21(22,23)24)27-28(17)15-6-8-16(9-7-15)33(25,31)32;1-26-20(30)10-9-18(29)14-4-2-3-13(11-14)17-12-19(21(22,23)24)27-28(17)15-5-7-16(8-6-15)33(25,31)32;1-26-20(30)11-10-18(29)16-5-3-2-4-15(16)17-12-19(21(22,23)24)27-28(17)13-6-8-14(9-7-13)33(25,31)32;1-26-17(30)12-11-16(29)18-19(13-5-3-2-4-6-13)28(27-20(18)21(22,23)24)14-7-9-15(10-8-14)33(25,31)32;4*1-2/h2-9,12H,10-11H2,1H3,(H,26,30)(H2,25,31,32);2-8,11-12H,9-10H2,1H3,(H,26,30)(H2,25,31,32);2-9,12H,10-11H2,1H3,(H,26,30)(H2,25,31,32);2-10H,11-12H2,1H3,(H,26,30)(H2,25,31,32);4*1-2H3. The van der Waals surface area contributed by atoms with E-state index in [1.54, 1.807) is 30.3 Å². The SMILES string of the molecule is CC.CC.CC.CC.CNC(=O)CCC(=O)c1c(C(F)(F)F)nn(-c2ccc(S(N)(=O)=O)cc2)c1-c1ccccc1.CNC(=O)CCC(=O)c1ccc(-c2cc(C(F)(F)F)nn2-c2ccc(S(N)(=O)=O)cc2)cc1.CNC(=O)CCC(=O)c1cccc(-c2cc(C(F)(F)F)nn2-c2ccc(S(N)(=O)=O)cc2)c1.CNC(=O)CCC(=O)c1ccccc1-c1cc(C(F)(F)F)nn1-c1ccc(S(N)(=O)=O)cc1. The molecule has 8 aromatic carbocycles. The molecule has 12 aromatic rings. The Hall–Kier alpha value is -14.0. The molecule has 0 saturated heterocycles. The number of nitrogens with one attached hydrogen (secondary N) is 4. The van der Waals surface area contributed by atoms with Crippen molar-refractivity contribution in [3.05, 3.63) is 263 Å². The molecule has 0 bridgehead atoms. The highest BCUT2D eigenvalue weighted by Gasteiger charge is 2.43. The summed E-state index contributed by atoms with van der Waals surface area (Å²) >= 11 is 0. The van der Waals surface area contributed by atoms with Crippen molar-refractivity contribution < 1.29 is 125 Å². The van der Waals surface area contributed by atoms with E-state index in [1.165, 1.54) is 150 Å². The summed E-state index contributed by atoms with van der Waals surface area (Å²) in [5, 5.41) is 44.4. The summed E-state index contributed by atoms with van der Waals surface area (Å²) in [6.45, 7) is 16.0. The number of carbonyl (C=O) groups excluding carboxylic acids is 8. The monoisotopic (exact) mass is 2040 g/mol. The topological polar surface area (TPSA) is 497 Å². The normalized spacial score (nSPS) is 11.4. The highest BCUT2D eigenvalue weighted by molar-refractivity contribution is 7.90. The van der Waals surface area contributed by atoms with E-state index >= 15 is 0 Å². The highest BCUT2D eigenvalue weighted by Crippen LogP contribution is 2.42. The second kappa shape index (κ2) is 51.0. The summed E-state index contributed by atoms with van der Waals surface area (Å²) < 4.78 is 258. The molecule has 4 aromatic heterocycles. The molecule has 0 atom stereocenters. The van der Waals surface area contributed by atoms with Gasteiger partial charge in [0.05, 0.1) is 70.7 Å². The average molecular weight is 2040 g/mol. The van der Waals surface area contributed by atoms with Crippen LogP contribution in [0.5, 0.6) is 0 Å². The number of benzene rings is 8. The van der Waals surface area contributed by atoms with E-state index < -0.39 is 117 Å². The fourth-order valence-corrected chi connectivity index (χ4v) is 14.4. The number of hydrogen-bond donors (Lipinski definition) is 8. The van der Waals surface area contributed by atoms with Crippen molar-refractivity contribution in [3.8, 4) is 67.8 Å². The van der Waals surface area contributed by atoms with Crippen LogP contribution in [-0.2, 0) is 84.0 Å². The van der Waals surface area contributed by atoms with Crippen LogP contribution in [0.3, 0.4) is 0 Å². The molecule has 0 aliphatic carbocycles. The molecule has 0 aliphatic heterocycles. The summed E-state index contributed by atoms with van der Waals surface area (Å²) in [6, 6.07) is 47.5. The van der Waals surface area contributed by atoms with Crippen LogP contribution in [0.25, 0.3) is 67.8 Å². The van der Waals surface area contributed by atoms with Crippen LogP contribution in [-0.4, -0.2) is 148 Å². The Labute approximate surface area is 798 Å². The molecule has 4 amide bonds. The Morgan fingerprint density at radius 3 is 0.936 bits per heavy atom. The summed E-state index contributed by atoms with van der Waals surface area (Å²) in [4.78, 5) is 95.3. The molecule has 0 spiro atoms. The zero-order chi connectivity index (χ0) is 106. The maximum absolute atomic E-state index is 13.9. The van der Waals surface area contributed by atoms with Gasteiger partial charge in [-0.25, -0.2) is 73.0 Å². The molecule has 4 heterocycles. The Balaban J connectivity index is 0.000000321. The molecular formula is C92H100F12N16O16S4. The smallest absolute Gasteiger partial charge is 0.359 e. The first-order valence-corrected chi connectivity index (χ1v) is 48.4. The maximum atomic E-state index is 13.9. The molecular weight excluding hydrogens is 1940 g/mol. The molecule has 0 saturated carbocycles. The number of ketones is 4. The lowest BCUT2D eigenvalue weighted by Crippen LogP contribution is -2.19. The van der Waals surface area contributed by atoms with E-state index in [-0.39, 0.29) is 167 Å². The van der Waals surface area contributed by atoms with E-state index in [0.717, 1.165) is 85.5 Å². The molecule has 0 aliphatic rings. The third kappa shape index (κ3) is 32.3. The van der Waals surface area contributed by atoms with Crippen LogP contribution in [0, 0.1) is 0 Å². The minimum atomic E-state index is -4.96. The zero-order valence-corrected chi connectivity index (χ0v) is 80.3. The van der Waals surface area contributed by atoms with Crippen molar-refractivity contribution >= 4 is 86.9 Å². The number of hydrogen-bond acceptors (Lipinski definition) is 20. The number of nitrogens with zero attached hydrogens (tertiary/aromatic N) is 8. The van der Waals surface area contributed by atoms with Crippen LogP contribution in [0.2, 0.25) is 0 Å². The lowest BCUT2D eigenvalue weighted by Gasteiger charge is -2.12. The van der Waals surface area contributed by atoms with Crippen LogP contribution < -0.4 is 41.8 Å². The second-order valence-electron chi connectivity index (χ2n) is 28.1. The van der Waals surface area contributed by atoms with Crippen molar-refractivity contribution in [1.29, 1.82) is 0 Å². The number of rotatable bonds is 28. The molecule has 752 valence electrons. The van der Waals surface area contributed by atoms with Crippen LogP contribution in [0.1, 0.15) is 171 Å². The molecule has 12 rings (SSSR count). The fraction of sp³-hybridized carbons (Fsp3) is 0.261. The number of carbonyl (C=O) groups is 8. The third-order valence-corrected chi connectivity index (χ3v) is 22.8. The second-order valence-corrected chi connectivity index (χ2v) is 34.3. The first kappa shape index (κ1) is 116. The van der Waals surface area contributed by atoms with Gasteiger partial charge in [0.15, 0.2) is 45.9 Å². The minimum Gasteiger partial charge on any atom is -0.359 e. The van der Waals surface area contributed by atoms with Gasteiger partial charge in [-0.05, 0) is 121 Å². The lowest BCUT2D eigenvalue weighted by atomic mass is 9.98. The molecule has 0 unspecified atom stereocenters. The van der Waals surface area contributed by atoms with Crippen molar-refractivity contribution in [2.45, 2.75) is 151 Å². The van der Waals surface area contributed by atoms with Gasteiger partial charge in [-0.2, -0.15) is 73.1 Å². The van der Waals surface area contributed by atoms with Gasteiger partial charge in [0, 0.05) is 119 Å². The van der Waals surface area contributed by atoms with Crippen LogP contribution in [0.15, 0.2) is 238 Å². The molecule has 48 heteroatoms. The van der Waals surface area contributed by atoms with Crippen LogP contribution >= 0.6 is 0 Å². The maximum Gasteiger partial charge on any atom is 0.435 e. The molecule has 32 nitrogen and oxygen atoms in total. The van der Waals surface area contributed by atoms with Gasteiger partial charge in [0.1, 0.15) is 0 Å². The quantitative estimate of drug-likeness (QED) is 0.0167. The van der Waals surface area contributed by atoms with Gasteiger partial charge in [0.25, 0.3) is 0 Å². The fourth-order valence-electron chi connectivity index (χ4n) is 12.4. The lowest BCUT2D eigenvalue weighted by molar-refractivity contribution is -0.142. The number of halogens is 12. The van der Waals surface area contributed by atoms with Crippen molar-refractivity contribution in [3.63, 3.8) is 0 Å². The van der Waals surface area contributed by atoms with E-state index in [9.17, 15) is 125 Å². The molecule has 0 radical (unpaired) electrons. The van der Waals surface area contributed by atoms with Gasteiger partial charge in [-0.3, -0.25) is 38.4 Å². The predicted octanol–water partition coefficient (Wildman–Crippen LogP) is 15.8. The van der Waals surface area contributed by atoms with Crippen molar-refractivity contribution in [2.24, 2.45) is 20.6 Å². The zero-order valence-electron chi connectivity index (χ0n) is 77.0. The molecule has 12 N–H and O–H groups in total. The Morgan fingerprint density at radius 2 is 0.593 bits per heavy atom. The van der Waals surface area contributed by atoms with Gasteiger partial charge < -0.3 is 21.3 Å². The molecule has 0 fully saturated rings. The summed E-state index contributed by atoms with van der Waals surface area (Å²) in [5.74, 6) is -3.40. The van der Waals surface area contributed by atoms with E-state index in [0.29, 0.717) is 11.1 Å². The summed E-state index contributed by atoms with van der Waals surface area (Å²) in [5.41, 5.74) is -3.35. The Kier molecular flexibility index (Phi) is 42.5. The largest absolute Gasteiger partial charge is 0.435 e. The molecule has 140 heavy (non-hydrogen) atoms. The van der Waals surface area contributed by atoms with Crippen LogP contribution in [0.4, 0.5) is 52.7 Å². The number of amides is 4. The third-order valence-electron chi connectivity index (χ3n) is 19.0. The number of nitrogens with two attached hydrogens (primary N) is 4. The summed E-state index contributed by atoms with van der Waals surface area (Å²) in [6.07, 6.45) is -20.2. The first-order valence-electron chi connectivity index (χ1n) is 42.2. The van der Waals surface area contributed by atoms with E-state index in [1.807, 2.05) is 55.4 Å². The average Bonchev–Trinajstić information content (AvgIpc) is 1.60. The van der Waals surface area contributed by atoms with Crippen molar-refractivity contribution in [2.75, 3.05) is 28.2 Å². The summed E-state index contributed by atoms with van der Waals surface area (Å²) in [7, 11) is -10.3. The first-order chi connectivity index (χ1) is 65.6. The minimum absolute atomic E-state index is 0.00836. The predicted molar refractivity (Wildman–Crippen MR) is 497 cm³/mol. The highest BCUT2D eigenvalue weighted by atomic mass is 32.2. The Morgan fingerprint density at radius 1 is 0.293 bits per heavy atom. The number of sulfonamides is 4. The number of primary sulfonamides is 4. The van der Waals surface area contributed by atoms with Gasteiger partial charge >= 0.3 is 24.7 Å². The van der Waals surface area contributed by atoms with Gasteiger partial charge in [-0.15, -0.1) is 0 Å². The van der Waals surface area contributed by atoms with E-state index in [4.69, 9.17) is 20.6 Å². The van der Waals surface area contributed by atoms with E-state index in [2.05, 4.69) is 41.7 Å². The van der Waals surface area contributed by atoms with Gasteiger partial charge in [0.2, 0.25) is 63.7 Å². The van der Waals surface area contributed by atoms with Crippen molar-refractivity contribution in [1.82, 2.24) is 60.4 Å². The number of alkyl halides is 12.